The highest BCUT2D eigenvalue weighted by Gasteiger charge is 2.22. The predicted molar refractivity (Wildman–Crippen MR) is 76.5 cm³/mol. The fraction of sp³-hybridized carbons (Fsp3) is 0.538. The lowest BCUT2D eigenvalue weighted by atomic mass is 9.99. The average molecular weight is 305 g/mol. The average Bonchev–Trinajstić information content (AvgIpc) is 2.28. The van der Waals surface area contributed by atoms with Crippen LogP contribution in [0.25, 0.3) is 0 Å². The lowest BCUT2D eigenvalue weighted by molar-refractivity contribution is 0.470. The maximum Gasteiger partial charge on any atom is 0.0512 e. The second kappa shape index (κ2) is 5.42. The molecule has 0 bridgehead atoms. The van der Waals surface area contributed by atoms with Gasteiger partial charge in [0.15, 0.2) is 0 Å². The summed E-state index contributed by atoms with van der Waals surface area (Å²) in [5.41, 5.74) is 2.51. The Morgan fingerprint density at radius 2 is 2.00 bits per heavy atom. The molecule has 1 nitrogen and oxygen atoms in total. The first-order valence-electron chi connectivity index (χ1n) is 5.50. The molecule has 3 heteroatoms. The number of hydrogen-bond acceptors (Lipinski definition) is 1. The Labute approximate surface area is 112 Å². The van der Waals surface area contributed by atoms with Crippen molar-refractivity contribution >= 4 is 33.2 Å². The second-order valence-electron chi connectivity index (χ2n) is 4.64. The Morgan fingerprint density at radius 3 is 2.44 bits per heavy atom. The summed E-state index contributed by atoms with van der Waals surface area (Å²) in [4.78, 5) is 2.30. The molecule has 0 spiro atoms. The van der Waals surface area contributed by atoms with Crippen molar-refractivity contribution in [3.63, 3.8) is 0 Å². The molecule has 0 heterocycles. The molecule has 0 radical (unpaired) electrons. The van der Waals surface area contributed by atoms with Crippen LogP contribution in [0.1, 0.15) is 32.8 Å². The van der Waals surface area contributed by atoms with Gasteiger partial charge in [-0.1, -0.05) is 13.0 Å². The van der Waals surface area contributed by atoms with Gasteiger partial charge in [-0.3, -0.25) is 0 Å². The molecule has 0 amide bonds. The van der Waals surface area contributed by atoms with Crippen LogP contribution in [0.4, 0.5) is 5.69 Å². The number of rotatable bonds is 4. The molecule has 0 fully saturated rings. The van der Waals surface area contributed by atoms with Gasteiger partial charge in [-0.25, -0.2) is 0 Å². The molecule has 0 aliphatic carbocycles. The number of halogens is 2. The fourth-order valence-electron chi connectivity index (χ4n) is 1.47. The molecule has 0 N–H and O–H groups in total. The van der Waals surface area contributed by atoms with Crippen LogP contribution in [0.3, 0.4) is 0 Å². The van der Waals surface area contributed by atoms with Crippen LogP contribution in [-0.4, -0.2) is 12.6 Å². The molecule has 0 atom stereocenters. The van der Waals surface area contributed by atoms with E-state index in [0.717, 1.165) is 16.5 Å². The highest BCUT2D eigenvalue weighted by molar-refractivity contribution is 9.10. The Balaban J connectivity index is 3.05. The first-order chi connectivity index (χ1) is 7.42. The van der Waals surface area contributed by atoms with Gasteiger partial charge >= 0.3 is 0 Å². The molecule has 0 aromatic heterocycles. The maximum atomic E-state index is 5.81. The summed E-state index contributed by atoms with van der Waals surface area (Å²) in [6.45, 7) is 6.70. The van der Waals surface area contributed by atoms with Crippen LogP contribution in [0, 0.1) is 0 Å². The van der Waals surface area contributed by atoms with Crippen molar-refractivity contribution in [1.29, 1.82) is 0 Å². The first-order valence-corrected chi connectivity index (χ1v) is 6.83. The molecule has 0 aliphatic rings. The van der Waals surface area contributed by atoms with Crippen LogP contribution in [-0.2, 0) is 5.88 Å². The van der Waals surface area contributed by atoms with Crippen molar-refractivity contribution in [2.24, 2.45) is 0 Å². The Bertz CT molecular complexity index is 363. The number of alkyl halides is 1. The zero-order valence-electron chi connectivity index (χ0n) is 10.3. The van der Waals surface area contributed by atoms with Gasteiger partial charge in [0.1, 0.15) is 0 Å². The van der Waals surface area contributed by atoms with Crippen molar-refractivity contribution in [2.45, 2.75) is 38.6 Å². The third-order valence-electron chi connectivity index (χ3n) is 3.30. The van der Waals surface area contributed by atoms with E-state index in [-0.39, 0.29) is 5.54 Å². The molecule has 0 saturated carbocycles. The predicted octanol–water partition coefficient (Wildman–Crippen LogP) is 4.81. The first kappa shape index (κ1) is 13.9. The third-order valence-corrected chi connectivity index (χ3v) is 4.24. The van der Waals surface area contributed by atoms with Crippen LogP contribution >= 0.6 is 27.5 Å². The van der Waals surface area contributed by atoms with Crippen molar-refractivity contribution in [2.75, 3.05) is 11.9 Å². The monoisotopic (exact) mass is 303 g/mol. The van der Waals surface area contributed by atoms with Crippen LogP contribution in [0.5, 0.6) is 0 Å². The van der Waals surface area contributed by atoms with E-state index in [2.05, 4.69) is 66.8 Å². The molecule has 0 aliphatic heterocycles. The number of hydrogen-bond donors (Lipinski definition) is 0. The lowest BCUT2D eigenvalue weighted by Gasteiger charge is -2.37. The summed E-state index contributed by atoms with van der Waals surface area (Å²) >= 11 is 9.42. The third kappa shape index (κ3) is 2.92. The molecular weight excluding hydrogens is 286 g/mol. The molecule has 90 valence electrons. The topological polar surface area (TPSA) is 3.24 Å². The van der Waals surface area contributed by atoms with Gasteiger partial charge in [0.25, 0.3) is 0 Å². The summed E-state index contributed by atoms with van der Waals surface area (Å²) in [5.74, 6) is 0.555. The fourth-order valence-corrected chi connectivity index (χ4v) is 2.33. The van der Waals surface area contributed by atoms with Gasteiger partial charge in [-0.15, -0.1) is 11.6 Å². The van der Waals surface area contributed by atoms with E-state index in [1.165, 1.54) is 5.69 Å². The standard InChI is InChI=1S/C13H19BrClN/c1-5-13(2,3)16(4)12-7-6-10(9-15)8-11(12)14/h6-8H,5,9H2,1-4H3. The maximum absolute atomic E-state index is 5.81. The Hall–Kier alpha value is -0.210. The quantitative estimate of drug-likeness (QED) is 0.721. The van der Waals surface area contributed by atoms with Gasteiger partial charge in [0.05, 0.1) is 5.69 Å². The van der Waals surface area contributed by atoms with Gasteiger partial charge in [0.2, 0.25) is 0 Å². The molecule has 1 aromatic rings. The van der Waals surface area contributed by atoms with Crippen LogP contribution in [0.15, 0.2) is 22.7 Å². The summed E-state index contributed by atoms with van der Waals surface area (Å²) in [7, 11) is 2.13. The lowest BCUT2D eigenvalue weighted by Crippen LogP contribution is -2.40. The van der Waals surface area contributed by atoms with E-state index < -0.39 is 0 Å². The molecule has 16 heavy (non-hydrogen) atoms. The minimum atomic E-state index is 0.158. The second-order valence-corrected chi connectivity index (χ2v) is 5.77. The number of anilines is 1. The summed E-state index contributed by atoms with van der Waals surface area (Å²) in [6, 6.07) is 6.29. The van der Waals surface area contributed by atoms with Crippen molar-refractivity contribution in [3.05, 3.63) is 28.2 Å². The van der Waals surface area contributed by atoms with E-state index in [4.69, 9.17) is 11.6 Å². The van der Waals surface area contributed by atoms with E-state index in [9.17, 15) is 0 Å². The Kier molecular flexibility index (Phi) is 4.69. The zero-order valence-corrected chi connectivity index (χ0v) is 12.7. The minimum Gasteiger partial charge on any atom is -0.369 e. The van der Waals surface area contributed by atoms with E-state index in [1.807, 2.05) is 0 Å². The van der Waals surface area contributed by atoms with Crippen molar-refractivity contribution < 1.29 is 0 Å². The number of nitrogens with zero attached hydrogens (tertiary/aromatic N) is 1. The van der Waals surface area contributed by atoms with Crippen molar-refractivity contribution in [1.82, 2.24) is 0 Å². The molecule has 0 saturated heterocycles. The van der Waals surface area contributed by atoms with Gasteiger partial charge in [-0.2, -0.15) is 0 Å². The highest BCUT2D eigenvalue weighted by Crippen LogP contribution is 2.32. The smallest absolute Gasteiger partial charge is 0.0512 e. The number of benzene rings is 1. The van der Waals surface area contributed by atoms with Crippen LogP contribution in [0.2, 0.25) is 0 Å². The SMILES string of the molecule is CCC(C)(C)N(C)c1ccc(CCl)cc1Br. The van der Waals surface area contributed by atoms with Gasteiger partial charge in [-0.05, 0) is 53.9 Å². The zero-order chi connectivity index (χ0) is 12.3. The minimum absolute atomic E-state index is 0.158. The normalized spacial score (nSPS) is 11.6. The van der Waals surface area contributed by atoms with Crippen LogP contribution < -0.4 is 4.90 Å². The largest absolute Gasteiger partial charge is 0.369 e. The molecular formula is C13H19BrClN. The summed E-state index contributed by atoms with van der Waals surface area (Å²) in [6.07, 6.45) is 1.10. The van der Waals surface area contributed by atoms with Gasteiger partial charge in [0, 0.05) is 22.9 Å². The molecule has 1 aromatic carbocycles. The summed E-state index contributed by atoms with van der Waals surface area (Å²) < 4.78 is 1.11. The van der Waals surface area contributed by atoms with Gasteiger partial charge < -0.3 is 4.90 Å². The molecule has 1 rings (SSSR count). The van der Waals surface area contributed by atoms with Crippen molar-refractivity contribution in [3.8, 4) is 0 Å². The van der Waals surface area contributed by atoms with E-state index in [1.54, 1.807) is 0 Å². The molecule has 0 unspecified atom stereocenters. The highest BCUT2D eigenvalue weighted by atomic mass is 79.9. The summed E-state index contributed by atoms with van der Waals surface area (Å²) in [5, 5.41) is 0. The Morgan fingerprint density at radius 1 is 1.38 bits per heavy atom. The van der Waals surface area contributed by atoms with E-state index >= 15 is 0 Å². The van der Waals surface area contributed by atoms with E-state index in [0.29, 0.717) is 5.88 Å².